The van der Waals surface area contributed by atoms with Crippen LogP contribution in [0.5, 0.6) is 0 Å². The molecule has 1 aliphatic heterocycles. The average molecular weight is 262 g/mol. The van der Waals surface area contributed by atoms with Crippen LogP contribution in [0.2, 0.25) is 0 Å². The number of hydrogen-bond acceptors (Lipinski definition) is 5. The Morgan fingerprint density at radius 3 is 2.42 bits per heavy atom. The quantitative estimate of drug-likeness (QED) is 0.641. The summed E-state index contributed by atoms with van der Waals surface area (Å²) in [6, 6.07) is 1.82. The fourth-order valence-electron chi connectivity index (χ4n) is 1.90. The molecule has 0 spiro atoms. The highest BCUT2D eigenvalue weighted by molar-refractivity contribution is 6.63. The molecule has 0 atom stereocenters. The first kappa shape index (κ1) is 14.0. The number of hydrogen-bond donors (Lipinski definition) is 1. The predicted octanol–water partition coefficient (Wildman–Crippen LogP) is 0.704. The highest BCUT2D eigenvalue weighted by Crippen LogP contribution is 2.36. The summed E-state index contributed by atoms with van der Waals surface area (Å²) in [5.41, 5.74) is 6.51. The molecule has 2 heterocycles. The summed E-state index contributed by atoms with van der Waals surface area (Å²) in [5, 5.41) is 0. The number of nitrogens with two attached hydrogens (primary N) is 1. The predicted molar refractivity (Wildman–Crippen MR) is 74.1 cm³/mol. The molecule has 0 amide bonds. The molecule has 0 unspecified atom stereocenters. The third kappa shape index (κ3) is 2.50. The maximum absolute atomic E-state index is 10.6. The normalized spacial score (nSPS) is 20.5. The highest BCUT2D eigenvalue weighted by Gasteiger charge is 2.52. The van der Waals surface area contributed by atoms with Crippen LogP contribution in [-0.4, -0.2) is 29.6 Å². The molecular formula is C13H19BN2O3. The third-order valence-electron chi connectivity index (χ3n) is 3.83. The van der Waals surface area contributed by atoms with E-state index < -0.39 is 18.3 Å². The van der Waals surface area contributed by atoms with E-state index in [0.29, 0.717) is 17.7 Å². The number of anilines is 1. The summed E-state index contributed by atoms with van der Waals surface area (Å²) in [6.45, 7) is 7.91. The van der Waals surface area contributed by atoms with Gasteiger partial charge in [-0.3, -0.25) is 0 Å². The van der Waals surface area contributed by atoms with Gasteiger partial charge in [-0.15, -0.1) is 0 Å². The lowest BCUT2D eigenvalue weighted by Gasteiger charge is -2.32. The molecule has 1 aromatic heterocycles. The first-order valence-corrected chi connectivity index (χ1v) is 6.30. The van der Waals surface area contributed by atoms with E-state index in [-0.39, 0.29) is 0 Å². The molecule has 1 fully saturated rings. The van der Waals surface area contributed by atoms with Crippen LogP contribution in [0.4, 0.5) is 5.82 Å². The lowest BCUT2D eigenvalue weighted by Crippen LogP contribution is -2.41. The first-order chi connectivity index (χ1) is 8.77. The van der Waals surface area contributed by atoms with E-state index in [2.05, 4.69) is 4.98 Å². The Balaban J connectivity index is 2.33. The fraction of sp³-hybridized carbons (Fsp3) is 0.538. The minimum Gasteiger partial charge on any atom is -0.399 e. The molecule has 1 aliphatic rings. The molecule has 0 aromatic carbocycles. The minimum absolute atomic E-state index is 0.305. The van der Waals surface area contributed by atoms with Crippen LogP contribution in [0.15, 0.2) is 12.3 Å². The number of aldehydes is 1. The zero-order valence-electron chi connectivity index (χ0n) is 11.8. The average Bonchev–Trinajstić information content (AvgIpc) is 2.51. The van der Waals surface area contributed by atoms with Crippen molar-refractivity contribution in [3.05, 3.63) is 17.8 Å². The van der Waals surface area contributed by atoms with Gasteiger partial charge >= 0.3 is 7.12 Å². The molecule has 0 bridgehead atoms. The third-order valence-corrected chi connectivity index (χ3v) is 3.83. The molecule has 0 radical (unpaired) electrons. The lowest BCUT2D eigenvalue weighted by molar-refractivity contribution is -0.107. The summed E-state index contributed by atoms with van der Waals surface area (Å²) in [6.07, 6.45) is 2.74. The second kappa shape index (κ2) is 4.61. The van der Waals surface area contributed by atoms with Crippen molar-refractivity contribution in [3.63, 3.8) is 0 Å². The standard InChI is InChI=1S/C13H19BN2O3/c1-12(2)13(3,4)19-14(18-12)10-7-9(5-6-17)8-16-11(10)15/h6-8H,5H2,1-4H3,(H2,15,16). The van der Waals surface area contributed by atoms with Gasteiger partial charge in [0.05, 0.1) is 11.2 Å². The molecule has 6 heteroatoms. The van der Waals surface area contributed by atoms with Crippen LogP contribution < -0.4 is 11.2 Å². The van der Waals surface area contributed by atoms with Crippen LogP contribution in [0.25, 0.3) is 0 Å². The van der Waals surface area contributed by atoms with Crippen LogP contribution in [-0.2, 0) is 20.5 Å². The zero-order valence-corrected chi connectivity index (χ0v) is 11.8. The summed E-state index contributed by atoms with van der Waals surface area (Å²) in [4.78, 5) is 14.7. The molecule has 1 aromatic rings. The maximum Gasteiger partial charge on any atom is 0.498 e. The van der Waals surface area contributed by atoms with E-state index in [1.807, 2.05) is 33.8 Å². The number of nitrogens with zero attached hydrogens (tertiary/aromatic N) is 1. The van der Waals surface area contributed by atoms with E-state index in [1.54, 1.807) is 6.20 Å². The van der Waals surface area contributed by atoms with Crippen molar-refractivity contribution in [1.29, 1.82) is 0 Å². The Hall–Kier alpha value is -1.40. The molecule has 2 rings (SSSR count). The number of nitrogen functional groups attached to an aromatic ring is 1. The lowest BCUT2D eigenvalue weighted by atomic mass is 9.78. The van der Waals surface area contributed by atoms with Crippen LogP contribution in [0, 0.1) is 0 Å². The minimum atomic E-state index is -0.552. The molecule has 19 heavy (non-hydrogen) atoms. The largest absolute Gasteiger partial charge is 0.498 e. The summed E-state index contributed by atoms with van der Waals surface area (Å²) >= 11 is 0. The van der Waals surface area contributed by atoms with Crippen molar-refractivity contribution < 1.29 is 14.1 Å². The van der Waals surface area contributed by atoms with Crippen LogP contribution in [0.1, 0.15) is 33.3 Å². The molecule has 0 aliphatic carbocycles. The van der Waals surface area contributed by atoms with Crippen LogP contribution in [0.3, 0.4) is 0 Å². The number of carbonyl (C=O) groups excluding carboxylic acids is 1. The van der Waals surface area contributed by atoms with Crippen molar-refractivity contribution in [3.8, 4) is 0 Å². The smallest absolute Gasteiger partial charge is 0.399 e. The molecule has 2 N–H and O–H groups in total. The van der Waals surface area contributed by atoms with Gasteiger partial charge in [-0.05, 0) is 33.3 Å². The van der Waals surface area contributed by atoms with Gasteiger partial charge in [0.2, 0.25) is 0 Å². The van der Waals surface area contributed by atoms with Crippen molar-refractivity contribution in [2.75, 3.05) is 5.73 Å². The van der Waals surface area contributed by atoms with Gasteiger partial charge in [-0.25, -0.2) is 4.98 Å². The molecule has 5 nitrogen and oxygen atoms in total. The van der Waals surface area contributed by atoms with Gasteiger partial charge in [0.15, 0.2) is 0 Å². The first-order valence-electron chi connectivity index (χ1n) is 6.30. The SMILES string of the molecule is CC1(C)OB(c2cc(CC=O)cnc2N)OC1(C)C. The van der Waals surface area contributed by atoms with Crippen molar-refractivity contribution >= 4 is 24.7 Å². The van der Waals surface area contributed by atoms with Gasteiger partial charge in [0, 0.05) is 18.1 Å². The van der Waals surface area contributed by atoms with Gasteiger partial charge in [0.1, 0.15) is 12.1 Å². The zero-order chi connectivity index (χ0) is 14.3. The molecule has 1 saturated heterocycles. The second-order valence-corrected chi connectivity index (χ2v) is 5.78. The van der Waals surface area contributed by atoms with E-state index in [9.17, 15) is 4.79 Å². The monoisotopic (exact) mass is 262 g/mol. The molecule has 0 saturated carbocycles. The van der Waals surface area contributed by atoms with E-state index in [0.717, 1.165) is 11.8 Å². The number of carbonyl (C=O) groups is 1. The Morgan fingerprint density at radius 1 is 1.32 bits per heavy atom. The van der Waals surface area contributed by atoms with Gasteiger partial charge in [-0.2, -0.15) is 0 Å². The molecular weight excluding hydrogens is 243 g/mol. The van der Waals surface area contributed by atoms with Gasteiger partial charge in [0.25, 0.3) is 0 Å². The Kier molecular flexibility index (Phi) is 3.41. The van der Waals surface area contributed by atoms with Crippen molar-refractivity contribution in [1.82, 2.24) is 4.98 Å². The highest BCUT2D eigenvalue weighted by atomic mass is 16.7. The Bertz CT molecular complexity index is 487. The second-order valence-electron chi connectivity index (χ2n) is 5.78. The van der Waals surface area contributed by atoms with E-state index in [4.69, 9.17) is 15.0 Å². The topological polar surface area (TPSA) is 74.4 Å². The maximum atomic E-state index is 10.6. The number of pyridine rings is 1. The Labute approximate surface area is 113 Å². The van der Waals surface area contributed by atoms with Crippen molar-refractivity contribution in [2.45, 2.75) is 45.3 Å². The Morgan fingerprint density at radius 2 is 1.89 bits per heavy atom. The van der Waals surface area contributed by atoms with Crippen molar-refractivity contribution in [2.24, 2.45) is 0 Å². The summed E-state index contributed by atoms with van der Waals surface area (Å²) < 4.78 is 11.9. The van der Waals surface area contributed by atoms with E-state index >= 15 is 0 Å². The summed E-state index contributed by atoms with van der Waals surface area (Å²) in [7, 11) is -0.552. The van der Waals surface area contributed by atoms with Crippen LogP contribution >= 0.6 is 0 Å². The number of rotatable bonds is 3. The number of aromatic nitrogens is 1. The van der Waals surface area contributed by atoms with Gasteiger partial charge in [-0.1, -0.05) is 6.07 Å². The van der Waals surface area contributed by atoms with Gasteiger partial charge < -0.3 is 19.8 Å². The van der Waals surface area contributed by atoms with E-state index in [1.165, 1.54) is 0 Å². The summed E-state index contributed by atoms with van der Waals surface area (Å²) in [5.74, 6) is 0.369. The molecule has 102 valence electrons. The fourth-order valence-corrected chi connectivity index (χ4v) is 1.90.